The Morgan fingerprint density at radius 3 is 2.52 bits per heavy atom. The normalized spacial score (nSPS) is 12.7. The van der Waals surface area contributed by atoms with Gasteiger partial charge in [0.25, 0.3) is 0 Å². The molecule has 3 aromatic rings. The van der Waals surface area contributed by atoms with Crippen LogP contribution in [0.5, 0.6) is 0 Å². The molecule has 3 rings (SSSR count). The van der Waals surface area contributed by atoms with Gasteiger partial charge in [-0.1, -0.05) is 49.7 Å². The lowest BCUT2D eigenvalue weighted by Crippen LogP contribution is -2.15. The van der Waals surface area contributed by atoms with Gasteiger partial charge in [0.2, 0.25) is 0 Å². The Bertz CT molecular complexity index is 715. The molecule has 108 valence electrons. The van der Waals surface area contributed by atoms with E-state index >= 15 is 0 Å². The molecule has 1 aromatic heterocycles. The first-order valence-electron chi connectivity index (χ1n) is 7.58. The molecule has 0 aliphatic rings. The van der Waals surface area contributed by atoms with Crippen molar-refractivity contribution in [1.29, 1.82) is 0 Å². The number of hydrogen-bond donors (Lipinski definition) is 1. The van der Waals surface area contributed by atoms with E-state index < -0.39 is 0 Å². The fourth-order valence-electron chi connectivity index (χ4n) is 2.76. The molecule has 2 heteroatoms. The minimum atomic E-state index is 0.294. The topological polar surface area (TPSA) is 25.2 Å². The van der Waals surface area contributed by atoms with Gasteiger partial charge in [-0.3, -0.25) is 0 Å². The molecule has 2 nitrogen and oxygen atoms in total. The van der Waals surface area contributed by atoms with E-state index in [1.54, 1.807) is 0 Å². The highest BCUT2D eigenvalue weighted by Gasteiger charge is 2.14. The van der Waals surface area contributed by atoms with Crippen LogP contribution in [0.25, 0.3) is 22.1 Å². The number of fused-ring (bicyclic) bond motifs is 1. The minimum absolute atomic E-state index is 0.294. The standard InChI is InChI=1S/C19H21NO/c1-3-7-17(20-2)19-13-16-12-15(10-11-18(16)21-19)14-8-5-4-6-9-14/h4-6,8-13,17,20H,3,7H2,1-2H3. The Labute approximate surface area is 125 Å². The van der Waals surface area contributed by atoms with Crippen LogP contribution in [0.3, 0.4) is 0 Å². The van der Waals surface area contributed by atoms with Crippen molar-refractivity contribution in [2.75, 3.05) is 7.05 Å². The Morgan fingerprint density at radius 2 is 1.81 bits per heavy atom. The summed E-state index contributed by atoms with van der Waals surface area (Å²) in [5.74, 6) is 1.03. The summed E-state index contributed by atoms with van der Waals surface area (Å²) in [4.78, 5) is 0. The van der Waals surface area contributed by atoms with E-state index in [1.165, 1.54) is 16.5 Å². The zero-order valence-electron chi connectivity index (χ0n) is 12.6. The quantitative estimate of drug-likeness (QED) is 0.697. The highest BCUT2D eigenvalue weighted by Crippen LogP contribution is 2.30. The molecule has 0 fully saturated rings. The molecule has 1 heterocycles. The van der Waals surface area contributed by atoms with Crippen LogP contribution in [0.2, 0.25) is 0 Å². The van der Waals surface area contributed by atoms with Gasteiger partial charge >= 0.3 is 0 Å². The number of hydrogen-bond acceptors (Lipinski definition) is 2. The van der Waals surface area contributed by atoms with Crippen LogP contribution in [-0.2, 0) is 0 Å². The number of rotatable bonds is 5. The third-order valence-corrected chi connectivity index (χ3v) is 3.91. The maximum absolute atomic E-state index is 6.00. The van der Waals surface area contributed by atoms with Crippen LogP contribution in [0, 0.1) is 0 Å². The molecule has 0 aliphatic carbocycles. The van der Waals surface area contributed by atoms with Crippen LogP contribution in [-0.4, -0.2) is 7.05 Å². The Kier molecular flexibility index (Phi) is 4.07. The lowest BCUT2D eigenvalue weighted by Gasteiger charge is -2.11. The highest BCUT2D eigenvalue weighted by atomic mass is 16.3. The van der Waals surface area contributed by atoms with Gasteiger partial charge < -0.3 is 9.73 Å². The summed E-state index contributed by atoms with van der Waals surface area (Å²) >= 11 is 0. The lowest BCUT2D eigenvalue weighted by molar-refractivity contribution is 0.430. The molecule has 1 unspecified atom stereocenters. The Hall–Kier alpha value is -2.06. The SMILES string of the molecule is CCCC(NC)c1cc2cc(-c3ccccc3)ccc2o1. The van der Waals surface area contributed by atoms with Gasteiger partial charge in [0.1, 0.15) is 11.3 Å². The predicted octanol–water partition coefficient (Wildman–Crippen LogP) is 5.16. The molecule has 0 saturated heterocycles. The van der Waals surface area contributed by atoms with Crippen LogP contribution in [0.15, 0.2) is 59.0 Å². The van der Waals surface area contributed by atoms with Crippen molar-refractivity contribution in [3.8, 4) is 11.1 Å². The van der Waals surface area contributed by atoms with Crippen molar-refractivity contribution < 1.29 is 4.42 Å². The van der Waals surface area contributed by atoms with E-state index in [9.17, 15) is 0 Å². The van der Waals surface area contributed by atoms with Crippen LogP contribution < -0.4 is 5.32 Å². The van der Waals surface area contributed by atoms with E-state index in [-0.39, 0.29) is 0 Å². The van der Waals surface area contributed by atoms with E-state index in [0.29, 0.717) is 6.04 Å². The van der Waals surface area contributed by atoms with Crippen LogP contribution in [0.1, 0.15) is 31.6 Å². The molecule has 0 amide bonds. The van der Waals surface area contributed by atoms with Gasteiger partial charge in [-0.05, 0) is 42.8 Å². The Balaban J connectivity index is 1.99. The van der Waals surface area contributed by atoms with Crippen molar-refractivity contribution in [2.45, 2.75) is 25.8 Å². The number of benzene rings is 2. The Morgan fingerprint density at radius 1 is 1.00 bits per heavy atom. The van der Waals surface area contributed by atoms with E-state index in [4.69, 9.17) is 4.42 Å². The average molecular weight is 279 g/mol. The zero-order valence-corrected chi connectivity index (χ0v) is 12.6. The van der Waals surface area contributed by atoms with Gasteiger partial charge in [0.15, 0.2) is 0 Å². The average Bonchev–Trinajstić information content (AvgIpc) is 2.96. The summed E-state index contributed by atoms with van der Waals surface area (Å²) in [6.07, 6.45) is 2.22. The van der Waals surface area contributed by atoms with Crippen molar-refractivity contribution in [2.24, 2.45) is 0 Å². The molecule has 0 aliphatic heterocycles. The fraction of sp³-hybridized carbons (Fsp3) is 0.263. The third kappa shape index (κ3) is 2.86. The van der Waals surface area contributed by atoms with Gasteiger partial charge in [0.05, 0.1) is 6.04 Å². The fourth-order valence-corrected chi connectivity index (χ4v) is 2.76. The summed E-state index contributed by atoms with van der Waals surface area (Å²) in [6.45, 7) is 2.19. The maximum Gasteiger partial charge on any atom is 0.134 e. The van der Waals surface area contributed by atoms with Crippen molar-refractivity contribution in [1.82, 2.24) is 5.32 Å². The van der Waals surface area contributed by atoms with Crippen molar-refractivity contribution >= 4 is 11.0 Å². The van der Waals surface area contributed by atoms with Crippen molar-refractivity contribution in [3.63, 3.8) is 0 Å². The van der Waals surface area contributed by atoms with Gasteiger partial charge in [-0.25, -0.2) is 0 Å². The second-order valence-corrected chi connectivity index (χ2v) is 5.40. The first-order chi connectivity index (χ1) is 10.3. The zero-order chi connectivity index (χ0) is 14.7. The van der Waals surface area contributed by atoms with E-state index in [0.717, 1.165) is 24.2 Å². The number of furan rings is 1. The van der Waals surface area contributed by atoms with Crippen LogP contribution >= 0.6 is 0 Å². The maximum atomic E-state index is 6.00. The largest absolute Gasteiger partial charge is 0.459 e. The highest BCUT2D eigenvalue weighted by molar-refractivity contribution is 5.84. The summed E-state index contributed by atoms with van der Waals surface area (Å²) < 4.78 is 6.00. The molecule has 0 radical (unpaired) electrons. The van der Waals surface area contributed by atoms with Crippen molar-refractivity contribution in [3.05, 3.63) is 60.4 Å². The minimum Gasteiger partial charge on any atom is -0.459 e. The lowest BCUT2D eigenvalue weighted by atomic mass is 10.0. The predicted molar refractivity (Wildman–Crippen MR) is 88.4 cm³/mol. The summed E-state index contributed by atoms with van der Waals surface area (Å²) in [5.41, 5.74) is 3.42. The van der Waals surface area contributed by atoms with E-state index in [1.807, 2.05) is 13.1 Å². The molecule has 0 spiro atoms. The number of nitrogens with one attached hydrogen (secondary N) is 1. The molecule has 2 aromatic carbocycles. The molecular weight excluding hydrogens is 258 g/mol. The van der Waals surface area contributed by atoms with Crippen LogP contribution in [0.4, 0.5) is 0 Å². The second-order valence-electron chi connectivity index (χ2n) is 5.40. The molecule has 21 heavy (non-hydrogen) atoms. The first kappa shape index (κ1) is 13.9. The molecule has 1 N–H and O–H groups in total. The monoisotopic (exact) mass is 279 g/mol. The smallest absolute Gasteiger partial charge is 0.134 e. The summed E-state index contributed by atoms with van der Waals surface area (Å²) in [6, 6.07) is 19.3. The van der Waals surface area contributed by atoms with Gasteiger partial charge in [-0.2, -0.15) is 0 Å². The van der Waals surface area contributed by atoms with E-state index in [2.05, 4.69) is 60.8 Å². The first-order valence-corrected chi connectivity index (χ1v) is 7.58. The molecular formula is C19H21NO. The third-order valence-electron chi connectivity index (χ3n) is 3.91. The molecule has 0 bridgehead atoms. The van der Waals surface area contributed by atoms with Gasteiger partial charge in [-0.15, -0.1) is 0 Å². The second kappa shape index (κ2) is 6.15. The molecule has 1 atom stereocenters. The van der Waals surface area contributed by atoms with Gasteiger partial charge in [0, 0.05) is 5.39 Å². The summed E-state index contributed by atoms with van der Waals surface area (Å²) in [5, 5.41) is 4.50. The summed E-state index contributed by atoms with van der Waals surface area (Å²) in [7, 11) is 1.99. The molecule has 0 saturated carbocycles.